The maximum Gasteiger partial charge on any atom is 0.0260 e. The Bertz CT molecular complexity index is 985. The summed E-state index contributed by atoms with van der Waals surface area (Å²) in [7, 11) is 0. The van der Waals surface area contributed by atoms with E-state index in [1.165, 1.54) is 32.3 Å². The summed E-state index contributed by atoms with van der Waals surface area (Å²) in [5.74, 6) is 0. The quantitative estimate of drug-likeness (QED) is 0.196. The number of halogens is 4. The summed E-state index contributed by atoms with van der Waals surface area (Å²) in [4.78, 5) is 0. The standard InChI is InChI=1S/C18H8Br4/c19-10-1-3-12-14(7-10)18-9(5-16(12)21)6-17(22)13-4-2-11(20)8-15(13)18/h1-8H. The number of hydrogen-bond donors (Lipinski definition) is 0. The molecule has 0 saturated heterocycles. The van der Waals surface area contributed by atoms with E-state index in [-0.39, 0.29) is 0 Å². The molecule has 4 heteroatoms. The van der Waals surface area contributed by atoms with E-state index in [1.807, 2.05) is 0 Å². The number of rotatable bonds is 0. The van der Waals surface area contributed by atoms with Crippen LogP contribution < -0.4 is 0 Å². The van der Waals surface area contributed by atoms with Gasteiger partial charge in [0, 0.05) is 17.9 Å². The highest BCUT2D eigenvalue weighted by molar-refractivity contribution is 9.11. The number of benzene rings is 4. The van der Waals surface area contributed by atoms with Crippen LogP contribution in [0.2, 0.25) is 0 Å². The van der Waals surface area contributed by atoms with Crippen LogP contribution in [0.25, 0.3) is 32.3 Å². The molecule has 4 rings (SSSR count). The Balaban J connectivity index is 2.38. The van der Waals surface area contributed by atoms with Crippen molar-refractivity contribution in [3.63, 3.8) is 0 Å². The minimum absolute atomic E-state index is 1.09. The highest BCUT2D eigenvalue weighted by Crippen LogP contribution is 2.40. The Kier molecular flexibility index (Phi) is 3.84. The molecule has 0 heterocycles. The molecule has 0 atom stereocenters. The van der Waals surface area contributed by atoms with Gasteiger partial charge >= 0.3 is 0 Å². The molecule has 22 heavy (non-hydrogen) atoms. The predicted octanol–water partition coefficient (Wildman–Crippen LogP) is 8.20. The third kappa shape index (κ3) is 2.35. The third-order valence-electron chi connectivity index (χ3n) is 3.87. The Morgan fingerprint density at radius 2 is 0.955 bits per heavy atom. The van der Waals surface area contributed by atoms with Crippen LogP contribution in [-0.2, 0) is 0 Å². The van der Waals surface area contributed by atoms with Gasteiger partial charge in [0.25, 0.3) is 0 Å². The maximum absolute atomic E-state index is 3.71. The van der Waals surface area contributed by atoms with Crippen LogP contribution in [0, 0.1) is 0 Å². The molecule has 0 aliphatic carbocycles. The molecule has 0 bridgehead atoms. The van der Waals surface area contributed by atoms with Crippen molar-refractivity contribution in [2.45, 2.75) is 0 Å². The van der Waals surface area contributed by atoms with Crippen molar-refractivity contribution in [1.82, 2.24) is 0 Å². The zero-order chi connectivity index (χ0) is 15.4. The zero-order valence-corrected chi connectivity index (χ0v) is 17.5. The molecule has 0 aromatic heterocycles. The molecule has 108 valence electrons. The molecule has 0 aliphatic heterocycles. The van der Waals surface area contributed by atoms with E-state index in [9.17, 15) is 0 Å². The number of fused-ring (bicyclic) bond motifs is 5. The lowest BCUT2D eigenvalue weighted by Crippen LogP contribution is -1.85. The normalized spacial score (nSPS) is 11.6. The smallest absolute Gasteiger partial charge is 0.0260 e. The first-order chi connectivity index (χ1) is 10.5. The summed E-state index contributed by atoms with van der Waals surface area (Å²) in [5.41, 5.74) is 0. The van der Waals surface area contributed by atoms with Crippen molar-refractivity contribution < 1.29 is 0 Å². The van der Waals surface area contributed by atoms with Crippen LogP contribution in [0.1, 0.15) is 0 Å². The van der Waals surface area contributed by atoms with Crippen LogP contribution >= 0.6 is 63.7 Å². The highest BCUT2D eigenvalue weighted by atomic mass is 79.9. The van der Waals surface area contributed by atoms with E-state index in [2.05, 4.69) is 112 Å². The minimum Gasteiger partial charge on any atom is -0.0521 e. The molecular formula is C18H8Br4. The summed E-state index contributed by atoms with van der Waals surface area (Å²) in [6.45, 7) is 0. The van der Waals surface area contributed by atoms with Gasteiger partial charge in [0.05, 0.1) is 0 Å². The van der Waals surface area contributed by atoms with Crippen molar-refractivity contribution in [3.8, 4) is 0 Å². The Labute approximate surface area is 161 Å². The topological polar surface area (TPSA) is 0 Å². The fourth-order valence-electron chi connectivity index (χ4n) is 2.93. The average Bonchev–Trinajstić information content (AvgIpc) is 2.46. The van der Waals surface area contributed by atoms with Crippen LogP contribution in [0.4, 0.5) is 0 Å². The van der Waals surface area contributed by atoms with Gasteiger partial charge in [-0.3, -0.25) is 0 Å². The van der Waals surface area contributed by atoms with Gasteiger partial charge in [-0.15, -0.1) is 0 Å². The van der Waals surface area contributed by atoms with Crippen LogP contribution in [0.3, 0.4) is 0 Å². The van der Waals surface area contributed by atoms with E-state index < -0.39 is 0 Å². The van der Waals surface area contributed by atoms with E-state index >= 15 is 0 Å². The fraction of sp³-hybridized carbons (Fsp3) is 0. The van der Waals surface area contributed by atoms with Crippen molar-refractivity contribution >= 4 is 96.0 Å². The Morgan fingerprint density at radius 1 is 0.500 bits per heavy atom. The summed E-state index contributed by atoms with van der Waals surface area (Å²) in [6, 6.07) is 17.2. The summed E-state index contributed by atoms with van der Waals surface area (Å²) in [6.07, 6.45) is 0. The summed E-state index contributed by atoms with van der Waals surface area (Å²) in [5, 5.41) is 7.43. The highest BCUT2D eigenvalue weighted by Gasteiger charge is 2.11. The second-order valence-corrected chi connectivity index (χ2v) is 8.73. The van der Waals surface area contributed by atoms with Gasteiger partial charge in [-0.2, -0.15) is 0 Å². The molecular weight excluding hydrogens is 536 g/mol. The van der Waals surface area contributed by atoms with Crippen molar-refractivity contribution in [3.05, 3.63) is 66.4 Å². The van der Waals surface area contributed by atoms with Crippen LogP contribution in [-0.4, -0.2) is 0 Å². The first-order valence-electron chi connectivity index (χ1n) is 6.64. The van der Waals surface area contributed by atoms with E-state index in [0.29, 0.717) is 0 Å². The molecule has 4 aromatic rings. The predicted molar refractivity (Wildman–Crippen MR) is 110 cm³/mol. The second-order valence-electron chi connectivity index (χ2n) is 5.19. The molecule has 0 fully saturated rings. The molecule has 0 spiro atoms. The largest absolute Gasteiger partial charge is 0.0521 e. The van der Waals surface area contributed by atoms with Crippen LogP contribution in [0.5, 0.6) is 0 Å². The monoisotopic (exact) mass is 540 g/mol. The van der Waals surface area contributed by atoms with Gasteiger partial charge < -0.3 is 0 Å². The molecule has 0 nitrogen and oxygen atoms in total. The average molecular weight is 544 g/mol. The lowest BCUT2D eigenvalue weighted by Gasteiger charge is -2.12. The first-order valence-corrected chi connectivity index (χ1v) is 9.81. The molecule has 0 saturated carbocycles. The van der Waals surface area contributed by atoms with Crippen molar-refractivity contribution in [2.75, 3.05) is 0 Å². The van der Waals surface area contributed by atoms with Crippen molar-refractivity contribution in [2.24, 2.45) is 0 Å². The molecule has 0 aliphatic rings. The Hall–Kier alpha value is -0.420. The zero-order valence-electron chi connectivity index (χ0n) is 11.1. The molecule has 0 unspecified atom stereocenters. The lowest BCUT2D eigenvalue weighted by atomic mass is 9.96. The molecule has 0 N–H and O–H groups in total. The van der Waals surface area contributed by atoms with Gasteiger partial charge in [0.2, 0.25) is 0 Å². The van der Waals surface area contributed by atoms with Gasteiger partial charge in [0.1, 0.15) is 0 Å². The van der Waals surface area contributed by atoms with E-state index in [0.717, 1.165) is 17.9 Å². The number of hydrogen-bond acceptors (Lipinski definition) is 0. The Morgan fingerprint density at radius 3 is 1.41 bits per heavy atom. The summed E-state index contributed by atoms with van der Waals surface area (Å²) >= 11 is 14.6. The van der Waals surface area contributed by atoms with E-state index in [1.54, 1.807) is 0 Å². The summed E-state index contributed by atoms with van der Waals surface area (Å²) < 4.78 is 4.41. The van der Waals surface area contributed by atoms with Crippen LogP contribution in [0.15, 0.2) is 66.4 Å². The van der Waals surface area contributed by atoms with Gasteiger partial charge in [-0.1, -0.05) is 75.9 Å². The fourth-order valence-corrected chi connectivity index (χ4v) is 4.84. The van der Waals surface area contributed by atoms with Crippen molar-refractivity contribution in [1.29, 1.82) is 0 Å². The lowest BCUT2D eigenvalue weighted by molar-refractivity contribution is 1.69. The van der Waals surface area contributed by atoms with E-state index in [4.69, 9.17) is 0 Å². The van der Waals surface area contributed by atoms with Gasteiger partial charge in [0.15, 0.2) is 0 Å². The van der Waals surface area contributed by atoms with Gasteiger partial charge in [-0.25, -0.2) is 0 Å². The third-order valence-corrected chi connectivity index (χ3v) is 6.17. The molecule has 0 amide bonds. The maximum atomic E-state index is 3.71. The molecule has 4 aromatic carbocycles. The SMILES string of the molecule is Brc1ccc2c(Br)cc3cc(Br)c4ccc(Br)cc4c3c2c1. The minimum atomic E-state index is 1.09. The second kappa shape index (κ2) is 5.59. The van der Waals surface area contributed by atoms with Gasteiger partial charge in [-0.05, 0) is 68.7 Å². The molecule has 0 radical (unpaired) electrons. The first kappa shape index (κ1) is 15.1.